The number of carbonyl (C=O) groups excluding carboxylic acids is 4. The summed E-state index contributed by atoms with van der Waals surface area (Å²) in [5.74, 6) is -0.115. The number of aldehydes is 1. The van der Waals surface area contributed by atoms with Gasteiger partial charge in [0.2, 0.25) is 12.3 Å². The Bertz CT molecular complexity index is 2330. The first-order valence-electron chi connectivity index (χ1n) is 26.2. The first kappa shape index (κ1) is 56.8. The summed E-state index contributed by atoms with van der Waals surface area (Å²) in [5.41, 5.74) is 3.93. The van der Waals surface area contributed by atoms with Gasteiger partial charge in [-0.3, -0.25) is 39.2 Å². The molecule has 1 unspecified atom stereocenters. The van der Waals surface area contributed by atoms with Crippen molar-refractivity contribution >= 4 is 48.9 Å². The number of piperazine rings is 1. The molecule has 18 heteroatoms. The van der Waals surface area contributed by atoms with Crippen molar-refractivity contribution < 1.29 is 37.1 Å². The number of piperidine rings is 2. The standard InChI is InChI=1S/C53H71F3N10O5.C2H6/c1-5-7-50(51(69)58-38-68)61(4)34-43-31-44(11-10-42(43)36-67)65-24-22-64(23-25-65)32-40-13-18-62(19-14-40)26-27-71-46-15-20-63(21-16-46)33-41-29-47-48(49(30-41)53(54,55)56)35-66(52(47)70)45-9-6-8-39(28-45)12-17-60(3)37-59-57-2;1-2/h6,8-11,28-31,36-38,40,46,50H,2,5,7,12-27,32-35H2,1,3-4H3,(H,58,68,69);1-2H3/b59-37-;. The number of imide groups is 1. The molecule has 0 aromatic heterocycles. The SMILES string of the molecule is C=N/N=C\N(C)CCc1cccc(N2Cc3c(cc(CN4CCC(OCCN5CCC(CN6CCN(c7ccc(C=O)c(CN(C)C(CCC)C(=O)NC=O)c7)CC6)CC5)CC4)cc3C(F)(F)F)C2=O)c1.CC. The molecule has 4 heterocycles. The first-order valence-corrected chi connectivity index (χ1v) is 26.2. The molecule has 3 aromatic rings. The number of carbonyl (C=O) groups is 4. The second-order valence-corrected chi connectivity index (χ2v) is 19.6. The highest BCUT2D eigenvalue weighted by Crippen LogP contribution is 2.40. The predicted molar refractivity (Wildman–Crippen MR) is 282 cm³/mol. The van der Waals surface area contributed by atoms with E-state index in [9.17, 15) is 32.3 Å². The Morgan fingerprint density at radius 2 is 1.63 bits per heavy atom. The Morgan fingerprint density at radius 3 is 2.30 bits per heavy atom. The van der Waals surface area contributed by atoms with Crippen LogP contribution in [0.5, 0.6) is 0 Å². The molecular formula is C55H77F3N10O5. The fourth-order valence-electron chi connectivity index (χ4n) is 10.6. The molecule has 398 valence electrons. The molecule has 0 saturated carbocycles. The van der Waals surface area contributed by atoms with Gasteiger partial charge in [-0.2, -0.15) is 18.3 Å². The topological polar surface area (TPSA) is 137 Å². The van der Waals surface area contributed by atoms with Crippen LogP contribution >= 0.6 is 0 Å². The van der Waals surface area contributed by atoms with Crippen molar-refractivity contribution in [3.8, 4) is 0 Å². The van der Waals surface area contributed by atoms with Crippen molar-refractivity contribution in [2.24, 2.45) is 16.1 Å². The number of likely N-dealkylation sites (N-methyl/N-ethyl adjacent to an activating group) is 2. The number of benzene rings is 3. The van der Waals surface area contributed by atoms with Crippen LogP contribution in [0.1, 0.15) is 108 Å². The summed E-state index contributed by atoms with van der Waals surface area (Å²) in [6.45, 7) is 20.4. The van der Waals surface area contributed by atoms with E-state index in [0.29, 0.717) is 81.3 Å². The Labute approximate surface area is 430 Å². The third-order valence-corrected chi connectivity index (χ3v) is 14.6. The fourth-order valence-corrected chi connectivity index (χ4v) is 10.6. The zero-order valence-corrected chi connectivity index (χ0v) is 43.6. The summed E-state index contributed by atoms with van der Waals surface area (Å²) in [6, 6.07) is 15.7. The molecular weight excluding hydrogens is 938 g/mol. The molecule has 15 nitrogen and oxygen atoms in total. The lowest BCUT2D eigenvalue weighted by molar-refractivity contribution is -0.138. The number of nitrogens with one attached hydrogen (secondary N) is 1. The summed E-state index contributed by atoms with van der Waals surface area (Å²) in [5, 5.41) is 9.54. The summed E-state index contributed by atoms with van der Waals surface area (Å²) in [4.78, 5) is 64.1. The number of hydrogen-bond donors (Lipinski definition) is 1. The lowest BCUT2D eigenvalue weighted by atomic mass is 9.96. The number of hydrogen-bond acceptors (Lipinski definition) is 12. The molecule has 0 spiro atoms. The average Bonchev–Trinajstić information content (AvgIpc) is 3.73. The van der Waals surface area contributed by atoms with Gasteiger partial charge in [0.15, 0.2) is 0 Å². The minimum Gasteiger partial charge on any atom is -0.377 e. The molecule has 0 bridgehead atoms. The summed E-state index contributed by atoms with van der Waals surface area (Å²) in [7, 11) is 3.71. The summed E-state index contributed by atoms with van der Waals surface area (Å²) < 4.78 is 50.0. The van der Waals surface area contributed by atoms with E-state index in [2.05, 4.69) is 47.9 Å². The number of likely N-dealkylation sites (tertiary alicyclic amines) is 2. The zero-order valence-electron chi connectivity index (χ0n) is 43.6. The molecule has 7 rings (SSSR count). The highest BCUT2D eigenvalue weighted by atomic mass is 19.4. The van der Waals surface area contributed by atoms with Gasteiger partial charge in [-0.15, -0.1) is 5.10 Å². The van der Waals surface area contributed by atoms with Gasteiger partial charge >= 0.3 is 6.18 Å². The van der Waals surface area contributed by atoms with Crippen LogP contribution in [-0.4, -0.2) is 167 Å². The minimum absolute atomic E-state index is 0.0247. The molecule has 3 aromatic carbocycles. The van der Waals surface area contributed by atoms with Gasteiger partial charge in [0.05, 0.1) is 30.9 Å². The molecule has 1 atom stereocenters. The Morgan fingerprint density at radius 1 is 0.904 bits per heavy atom. The maximum Gasteiger partial charge on any atom is 0.416 e. The van der Waals surface area contributed by atoms with E-state index in [-0.39, 0.29) is 29.7 Å². The first-order chi connectivity index (χ1) is 35.3. The predicted octanol–water partition coefficient (Wildman–Crippen LogP) is 7.21. The van der Waals surface area contributed by atoms with Gasteiger partial charge < -0.3 is 24.3 Å². The van der Waals surface area contributed by atoms with Gasteiger partial charge in [0, 0.05) is 108 Å². The molecule has 0 aliphatic carbocycles. The highest BCUT2D eigenvalue weighted by molar-refractivity contribution is 6.10. The van der Waals surface area contributed by atoms with Gasteiger partial charge in [-0.25, -0.2) is 0 Å². The number of rotatable bonds is 23. The Balaban J connectivity index is 0.00000429. The Hall–Kier alpha value is -5.53. The van der Waals surface area contributed by atoms with E-state index in [1.807, 2.05) is 75.0 Å². The van der Waals surface area contributed by atoms with Crippen LogP contribution in [0.3, 0.4) is 0 Å². The fraction of sp³-hybridized carbons (Fsp3) is 0.564. The van der Waals surface area contributed by atoms with Crippen LogP contribution in [0.25, 0.3) is 0 Å². The van der Waals surface area contributed by atoms with Crippen LogP contribution in [0.2, 0.25) is 0 Å². The van der Waals surface area contributed by atoms with E-state index in [1.165, 1.54) is 11.0 Å². The van der Waals surface area contributed by atoms with Crippen molar-refractivity contribution in [2.45, 2.75) is 104 Å². The van der Waals surface area contributed by atoms with Gasteiger partial charge in [-0.1, -0.05) is 39.3 Å². The largest absolute Gasteiger partial charge is 0.416 e. The second kappa shape index (κ2) is 27.7. The van der Waals surface area contributed by atoms with Crippen LogP contribution < -0.4 is 15.1 Å². The third kappa shape index (κ3) is 15.7. The molecule has 3 fully saturated rings. The van der Waals surface area contributed by atoms with E-state index in [1.54, 1.807) is 18.5 Å². The third-order valence-electron chi connectivity index (χ3n) is 14.6. The molecule has 1 N–H and O–H groups in total. The van der Waals surface area contributed by atoms with Crippen LogP contribution in [-0.2, 0) is 46.6 Å². The van der Waals surface area contributed by atoms with Crippen LogP contribution in [0.15, 0.2) is 64.8 Å². The van der Waals surface area contributed by atoms with Crippen molar-refractivity contribution in [1.82, 2.24) is 29.8 Å². The van der Waals surface area contributed by atoms with Gasteiger partial charge in [0.25, 0.3) is 5.91 Å². The quantitative estimate of drug-likeness (QED) is 0.0447. The Kier molecular flexibility index (Phi) is 21.5. The second-order valence-electron chi connectivity index (χ2n) is 19.6. The average molecular weight is 1020 g/mol. The monoisotopic (exact) mass is 1010 g/mol. The van der Waals surface area contributed by atoms with Crippen molar-refractivity contribution in [2.75, 3.05) is 102 Å². The molecule has 4 aliphatic heterocycles. The van der Waals surface area contributed by atoms with Crippen molar-refractivity contribution in [3.63, 3.8) is 0 Å². The summed E-state index contributed by atoms with van der Waals surface area (Å²) in [6.07, 6.45) is 4.27. The van der Waals surface area contributed by atoms with E-state index < -0.39 is 23.7 Å². The highest BCUT2D eigenvalue weighted by Gasteiger charge is 2.41. The maximum atomic E-state index is 14.6. The van der Waals surface area contributed by atoms with Crippen LogP contribution in [0, 0.1) is 5.92 Å². The van der Waals surface area contributed by atoms with E-state index >= 15 is 0 Å². The molecule has 3 amide bonds. The lowest BCUT2D eigenvalue weighted by Gasteiger charge is -2.40. The number of anilines is 2. The van der Waals surface area contributed by atoms with Crippen LogP contribution in [0.4, 0.5) is 24.5 Å². The minimum atomic E-state index is -4.60. The maximum absolute atomic E-state index is 14.6. The number of halogens is 3. The molecule has 73 heavy (non-hydrogen) atoms. The smallest absolute Gasteiger partial charge is 0.377 e. The number of amides is 3. The van der Waals surface area contributed by atoms with E-state index in [4.69, 9.17) is 4.74 Å². The van der Waals surface area contributed by atoms with Crippen molar-refractivity contribution in [3.05, 3.63) is 93.5 Å². The van der Waals surface area contributed by atoms with Crippen molar-refractivity contribution in [1.29, 1.82) is 0 Å². The zero-order chi connectivity index (χ0) is 52.5. The molecule has 4 aliphatic rings. The lowest BCUT2D eigenvalue weighted by Crippen LogP contribution is -2.49. The number of alkyl halides is 3. The molecule has 0 radical (unpaired) electrons. The van der Waals surface area contributed by atoms with Gasteiger partial charge in [-0.05, 0) is 129 Å². The normalized spacial score (nSPS) is 17.9. The molecule has 3 saturated heterocycles. The van der Waals surface area contributed by atoms with Gasteiger partial charge in [0.1, 0.15) is 12.6 Å². The number of fused-ring (bicyclic) bond motifs is 1. The summed E-state index contributed by atoms with van der Waals surface area (Å²) >= 11 is 0. The number of ether oxygens (including phenoxy) is 1. The van der Waals surface area contributed by atoms with E-state index in [0.717, 1.165) is 108 Å². The number of nitrogens with zero attached hydrogens (tertiary/aromatic N) is 9.